The Morgan fingerprint density at radius 2 is 2.12 bits per heavy atom. The largest absolute Gasteiger partial charge is 0.376 e. The number of nitrogens with zero attached hydrogens (tertiary/aromatic N) is 1. The molecule has 0 spiro atoms. The fourth-order valence-corrected chi connectivity index (χ4v) is 3.85. The maximum Gasteiger partial charge on any atom is 0.191 e. The first-order valence-electron chi connectivity index (χ1n) is 8.62. The van der Waals surface area contributed by atoms with E-state index < -0.39 is 0 Å². The van der Waals surface area contributed by atoms with Crippen LogP contribution in [0.5, 0.6) is 0 Å². The lowest BCUT2D eigenvalue weighted by Crippen LogP contribution is -2.41. The van der Waals surface area contributed by atoms with Gasteiger partial charge in [0, 0.05) is 29.6 Å². The summed E-state index contributed by atoms with van der Waals surface area (Å²) in [5.41, 5.74) is 1.60. The second-order valence-corrected chi connectivity index (χ2v) is 7.33. The fourth-order valence-electron chi connectivity index (χ4n) is 3.14. The average Bonchev–Trinajstić information content (AvgIpc) is 3.16. The van der Waals surface area contributed by atoms with Crippen molar-refractivity contribution >= 4 is 45.9 Å². The molecule has 1 heterocycles. The summed E-state index contributed by atoms with van der Waals surface area (Å²) in [6.45, 7) is 5.54. The Morgan fingerprint density at radius 1 is 1.33 bits per heavy atom. The van der Waals surface area contributed by atoms with Gasteiger partial charge >= 0.3 is 0 Å². The van der Waals surface area contributed by atoms with E-state index >= 15 is 0 Å². The topological polar surface area (TPSA) is 45.7 Å². The van der Waals surface area contributed by atoms with Gasteiger partial charge in [0.25, 0.3) is 0 Å². The van der Waals surface area contributed by atoms with E-state index in [1.54, 1.807) is 0 Å². The highest BCUT2D eigenvalue weighted by Gasteiger charge is 2.45. The molecule has 1 saturated carbocycles. The van der Waals surface area contributed by atoms with Crippen LogP contribution in [0.1, 0.15) is 38.2 Å². The molecule has 2 N–H and O–H groups in total. The minimum absolute atomic E-state index is 0. The zero-order chi connectivity index (χ0) is 16.1. The van der Waals surface area contributed by atoms with Crippen molar-refractivity contribution in [2.24, 2.45) is 4.99 Å². The minimum atomic E-state index is 0. The van der Waals surface area contributed by atoms with Gasteiger partial charge in [0.1, 0.15) is 0 Å². The summed E-state index contributed by atoms with van der Waals surface area (Å²) in [5.74, 6) is 0.904. The molecule has 3 rings (SSSR count). The van der Waals surface area contributed by atoms with E-state index in [4.69, 9.17) is 9.73 Å². The third-order valence-corrected chi connectivity index (χ3v) is 5.40. The van der Waals surface area contributed by atoms with Crippen LogP contribution in [0, 0.1) is 0 Å². The molecule has 1 aromatic carbocycles. The quantitative estimate of drug-likeness (QED) is 0.349. The normalized spacial score (nSPS) is 21.9. The van der Waals surface area contributed by atoms with Gasteiger partial charge in [-0.05, 0) is 44.2 Å². The lowest BCUT2D eigenvalue weighted by molar-refractivity contribution is 0.114. The number of hydrogen-bond acceptors (Lipinski definition) is 2. The first kappa shape index (κ1) is 20.0. The Bertz CT molecular complexity index is 557. The van der Waals surface area contributed by atoms with Gasteiger partial charge in [-0.3, -0.25) is 4.99 Å². The van der Waals surface area contributed by atoms with E-state index in [1.165, 1.54) is 29.3 Å². The number of hydrogen-bond donors (Lipinski definition) is 2. The molecule has 0 aromatic heterocycles. The number of halogens is 2. The molecule has 6 heteroatoms. The average molecular weight is 508 g/mol. The van der Waals surface area contributed by atoms with E-state index in [2.05, 4.69) is 57.8 Å². The van der Waals surface area contributed by atoms with Gasteiger partial charge < -0.3 is 15.4 Å². The maximum atomic E-state index is 5.67. The SMILES string of the molecule is CCNC(=NCC1(c2ccccc2Br)CC1)NCC1CCCO1.I. The van der Waals surface area contributed by atoms with Crippen LogP contribution in [0.2, 0.25) is 0 Å². The van der Waals surface area contributed by atoms with Gasteiger partial charge in [0.05, 0.1) is 12.6 Å². The summed E-state index contributed by atoms with van der Waals surface area (Å²) in [4.78, 5) is 4.84. The van der Waals surface area contributed by atoms with Crippen LogP contribution in [0.15, 0.2) is 33.7 Å². The summed E-state index contributed by atoms with van der Waals surface area (Å²) < 4.78 is 6.87. The summed E-state index contributed by atoms with van der Waals surface area (Å²) in [6.07, 6.45) is 5.07. The molecule has 1 aliphatic carbocycles. The van der Waals surface area contributed by atoms with Crippen molar-refractivity contribution in [3.05, 3.63) is 34.3 Å². The monoisotopic (exact) mass is 507 g/mol. The molecule has 1 aromatic rings. The summed E-state index contributed by atoms with van der Waals surface area (Å²) in [6, 6.07) is 8.53. The van der Waals surface area contributed by atoms with Crippen molar-refractivity contribution in [1.82, 2.24) is 10.6 Å². The predicted octanol–water partition coefficient (Wildman–Crippen LogP) is 3.83. The number of aliphatic imine (C=N–C) groups is 1. The van der Waals surface area contributed by atoms with E-state index in [9.17, 15) is 0 Å². The predicted molar refractivity (Wildman–Crippen MR) is 113 cm³/mol. The van der Waals surface area contributed by atoms with Crippen LogP contribution in [0.4, 0.5) is 0 Å². The highest BCUT2D eigenvalue weighted by atomic mass is 127. The van der Waals surface area contributed by atoms with Crippen LogP contribution >= 0.6 is 39.9 Å². The van der Waals surface area contributed by atoms with E-state index in [0.717, 1.165) is 38.6 Å². The molecular weight excluding hydrogens is 481 g/mol. The van der Waals surface area contributed by atoms with Gasteiger partial charge in [-0.2, -0.15) is 0 Å². The van der Waals surface area contributed by atoms with Crippen molar-refractivity contribution in [2.45, 2.75) is 44.1 Å². The van der Waals surface area contributed by atoms with Gasteiger partial charge in [-0.15, -0.1) is 24.0 Å². The lowest BCUT2D eigenvalue weighted by Gasteiger charge is -2.18. The third kappa shape index (κ3) is 5.08. The summed E-state index contributed by atoms with van der Waals surface area (Å²) >= 11 is 3.69. The molecule has 0 bridgehead atoms. The molecule has 1 unspecified atom stereocenters. The molecule has 1 atom stereocenters. The number of rotatable bonds is 6. The highest BCUT2D eigenvalue weighted by Crippen LogP contribution is 2.50. The van der Waals surface area contributed by atoms with Crippen LogP contribution in [-0.2, 0) is 10.2 Å². The van der Waals surface area contributed by atoms with Crippen molar-refractivity contribution < 1.29 is 4.74 Å². The number of guanidine groups is 1. The minimum Gasteiger partial charge on any atom is -0.376 e. The Labute approximate surface area is 170 Å². The molecule has 2 fully saturated rings. The van der Waals surface area contributed by atoms with Crippen molar-refractivity contribution in [1.29, 1.82) is 0 Å². The second-order valence-electron chi connectivity index (χ2n) is 6.47. The van der Waals surface area contributed by atoms with Gasteiger partial charge in [-0.25, -0.2) is 0 Å². The standard InChI is InChI=1S/C18H26BrN3O.HI/c1-2-20-17(21-12-14-6-5-11-23-14)22-13-18(9-10-18)15-7-3-4-8-16(15)19;/h3-4,7-8,14H,2,5-6,9-13H2,1H3,(H2,20,21,22);1H. The molecule has 4 nitrogen and oxygen atoms in total. The molecule has 1 aliphatic heterocycles. The summed E-state index contributed by atoms with van der Waals surface area (Å²) in [5, 5.41) is 6.78. The van der Waals surface area contributed by atoms with Crippen molar-refractivity contribution in [3.63, 3.8) is 0 Å². The Morgan fingerprint density at radius 3 is 2.75 bits per heavy atom. The molecule has 0 amide bonds. The first-order valence-corrected chi connectivity index (χ1v) is 9.41. The highest BCUT2D eigenvalue weighted by molar-refractivity contribution is 14.0. The zero-order valence-electron chi connectivity index (χ0n) is 14.2. The van der Waals surface area contributed by atoms with Gasteiger partial charge in [0.2, 0.25) is 0 Å². The zero-order valence-corrected chi connectivity index (χ0v) is 18.1. The van der Waals surface area contributed by atoms with Crippen LogP contribution in [-0.4, -0.2) is 38.3 Å². The Hall–Kier alpha value is -0.340. The molecular formula is C18H27BrIN3O. The van der Waals surface area contributed by atoms with Crippen molar-refractivity contribution in [3.8, 4) is 0 Å². The number of ether oxygens (including phenoxy) is 1. The second kappa shape index (κ2) is 9.38. The van der Waals surface area contributed by atoms with Crippen LogP contribution < -0.4 is 10.6 Å². The van der Waals surface area contributed by atoms with E-state index in [0.29, 0.717) is 6.10 Å². The molecule has 134 valence electrons. The molecule has 2 aliphatic rings. The molecule has 1 saturated heterocycles. The van der Waals surface area contributed by atoms with E-state index in [-0.39, 0.29) is 29.4 Å². The summed E-state index contributed by atoms with van der Waals surface area (Å²) in [7, 11) is 0. The van der Waals surface area contributed by atoms with Crippen LogP contribution in [0.3, 0.4) is 0 Å². The Balaban J connectivity index is 0.00000208. The van der Waals surface area contributed by atoms with E-state index in [1.807, 2.05) is 0 Å². The maximum absolute atomic E-state index is 5.67. The molecule has 0 radical (unpaired) electrons. The smallest absolute Gasteiger partial charge is 0.191 e. The Kier molecular flexibility index (Phi) is 7.81. The first-order chi connectivity index (χ1) is 11.2. The van der Waals surface area contributed by atoms with Crippen LogP contribution in [0.25, 0.3) is 0 Å². The van der Waals surface area contributed by atoms with Crippen molar-refractivity contribution in [2.75, 3.05) is 26.2 Å². The number of benzene rings is 1. The third-order valence-electron chi connectivity index (χ3n) is 4.70. The van der Waals surface area contributed by atoms with Gasteiger partial charge in [0.15, 0.2) is 5.96 Å². The number of nitrogens with one attached hydrogen (secondary N) is 2. The molecule has 24 heavy (non-hydrogen) atoms. The fraction of sp³-hybridized carbons (Fsp3) is 0.611. The lowest BCUT2D eigenvalue weighted by atomic mass is 9.96. The van der Waals surface area contributed by atoms with Gasteiger partial charge in [-0.1, -0.05) is 34.1 Å².